The number of anilines is 2. The van der Waals surface area contributed by atoms with Crippen LogP contribution in [0.4, 0.5) is 11.4 Å². The highest BCUT2D eigenvalue weighted by Crippen LogP contribution is 2.23. The van der Waals surface area contributed by atoms with Crippen LogP contribution in [0.25, 0.3) is 0 Å². The van der Waals surface area contributed by atoms with Crippen molar-refractivity contribution in [3.63, 3.8) is 0 Å². The Morgan fingerprint density at radius 1 is 1.03 bits per heavy atom. The van der Waals surface area contributed by atoms with Crippen LogP contribution in [0.1, 0.15) is 37.7 Å². The maximum absolute atomic E-state index is 12.8. The molecule has 0 spiro atoms. The average molecular weight is 410 g/mol. The van der Waals surface area contributed by atoms with Gasteiger partial charge in [-0.3, -0.25) is 9.59 Å². The van der Waals surface area contributed by atoms with Crippen molar-refractivity contribution in [3.05, 3.63) is 52.4 Å². The largest absolute Gasteiger partial charge is 0.372 e. The maximum Gasteiger partial charge on any atom is 0.268 e. The van der Waals surface area contributed by atoms with Crippen LogP contribution >= 0.6 is 0 Å². The number of benzene rings is 1. The van der Waals surface area contributed by atoms with Gasteiger partial charge in [-0.25, -0.2) is 4.68 Å². The summed E-state index contributed by atoms with van der Waals surface area (Å²) >= 11 is 0. The number of aromatic nitrogens is 2. The Kier molecular flexibility index (Phi) is 6.35. The lowest BCUT2D eigenvalue weighted by Gasteiger charge is -2.33. The fourth-order valence-electron chi connectivity index (χ4n) is 4.37. The Bertz CT molecular complexity index is 918. The summed E-state index contributed by atoms with van der Waals surface area (Å²) in [5.74, 6) is 0.00651. The van der Waals surface area contributed by atoms with Crippen LogP contribution in [0.2, 0.25) is 0 Å². The molecule has 7 nitrogen and oxygen atoms in total. The van der Waals surface area contributed by atoms with Crippen molar-refractivity contribution in [2.45, 2.75) is 38.6 Å². The molecule has 4 rings (SSSR count). The predicted molar refractivity (Wildman–Crippen MR) is 119 cm³/mol. The summed E-state index contributed by atoms with van der Waals surface area (Å²) < 4.78 is 1.31. The molecule has 7 heteroatoms. The number of nitrogens with one attached hydrogen (secondary N) is 1. The predicted octanol–water partition coefficient (Wildman–Crippen LogP) is 2.30. The topological polar surface area (TPSA) is 70.5 Å². The number of amides is 1. The Hall–Kier alpha value is -2.83. The zero-order valence-electron chi connectivity index (χ0n) is 17.7. The minimum absolute atomic E-state index is 0.0737. The van der Waals surface area contributed by atoms with E-state index in [-0.39, 0.29) is 17.4 Å². The first kappa shape index (κ1) is 20.4. The molecule has 2 fully saturated rings. The second kappa shape index (κ2) is 9.32. The summed E-state index contributed by atoms with van der Waals surface area (Å²) in [7, 11) is 1.64. The average Bonchev–Trinajstić information content (AvgIpc) is 2.80. The van der Waals surface area contributed by atoms with E-state index < -0.39 is 0 Å². The summed E-state index contributed by atoms with van der Waals surface area (Å²) in [6.45, 7) is 4.28. The number of piperidine rings is 2. The Labute approximate surface area is 177 Å². The van der Waals surface area contributed by atoms with E-state index >= 15 is 0 Å². The Morgan fingerprint density at radius 2 is 1.77 bits per heavy atom. The molecule has 2 aromatic rings. The van der Waals surface area contributed by atoms with E-state index in [0.717, 1.165) is 43.7 Å². The molecule has 0 saturated carbocycles. The smallest absolute Gasteiger partial charge is 0.268 e. The van der Waals surface area contributed by atoms with Gasteiger partial charge in [0.15, 0.2) is 0 Å². The standard InChI is InChI=1S/C23H31N5O2/c1-26-22(29)14-21(16-25-26)28-13-5-6-19(17-28)23(30)24-15-18-7-9-20(10-8-18)27-11-3-2-4-12-27/h7-10,14,16,19H,2-6,11-13,15,17H2,1H3,(H,24,30)/t19-/m1/s1. The van der Waals surface area contributed by atoms with Gasteiger partial charge in [0.25, 0.3) is 5.56 Å². The van der Waals surface area contributed by atoms with Crippen LogP contribution in [0, 0.1) is 5.92 Å². The van der Waals surface area contributed by atoms with E-state index in [1.807, 2.05) is 0 Å². The van der Waals surface area contributed by atoms with Crippen LogP contribution in [0.3, 0.4) is 0 Å². The lowest BCUT2D eigenvalue weighted by molar-refractivity contribution is -0.125. The fourth-order valence-corrected chi connectivity index (χ4v) is 4.37. The molecule has 0 radical (unpaired) electrons. The van der Waals surface area contributed by atoms with Crippen molar-refractivity contribution in [3.8, 4) is 0 Å². The van der Waals surface area contributed by atoms with Gasteiger partial charge < -0.3 is 15.1 Å². The third-order valence-corrected chi connectivity index (χ3v) is 6.24. The highest BCUT2D eigenvalue weighted by molar-refractivity contribution is 5.79. The van der Waals surface area contributed by atoms with Crippen molar-refractivity contribution in [2.75, 3.05) is 36.0 Å². The van der Waals surface area contributed by atoms with Crippen LogP contribution in [0.15, 0.2) is 41.3 Å². The van der Waals surface area contributed by atoms with E-state index in [4.69, 9.17) is 0 Å². The van der Waals surface area contributed by atoms with Crippen molar-refractivity contribution < 1.29 is 4.79 Å². The molecule has 160 valence electrons. The number of rotatable bonds is 5. The minimum atomic E-state index is -0.132. The molecular weight excluding hydrogens is 378 g/mol. The molecule has 2 aliphatic heterocycles. The van der Waals surface area contributed by atoms with Gasteiger partial charge in [-0.15, -0.1) is 0 Å². The molecule has 1 atom stereocenters. The fraction of sp³-hybridized carbons (Fsp3) is 0.522. The third kappa shape index (κ3) is 4.83. The van der Waals surface area contributed by atoms with E-state index in [1.165, 1.54) is 29.6 Å². The van der Waals surface area contributed by atoms with Gasteiger partial charge in [-0.1, -0.05) is 12.1 Å². The summed E-state index contributed by atoms with van der Waals surface area (Å²) in [5, 5.41) is 7.20. The van der Waals surface area contributed by atoms with E-state index in [1.54, 1.807) is 19.3 Å². The lowest BCUT2D eigenvalue weighted by Crippen LogP contribution is -2.43. The van der Waals surface area contributed by atoms with Gasteiger partial charge in [0.1, 0.15) is 0 Å². The quantitative estimate of drug-likeness (QED) is 0.821. The molecule has 1 aromatic carbocycles. The van der Waals surface area contributed by atoms with E-state index in [2.05, 4.69) is 44.5 Å². The van der Waals surface area contributed by atoms with Gasteiger partial charge in [-0.05, 0) is 49.8 Å². The zero-order chi connectivity index (χ0) is 20.9. The van der Waals surface area contributed by atoms with Crippen molar-refractivity contribution in [1.29, 1.82) is 0 Å². The zero-order valence-corrected chi connectivity index (χ0v) is 17.7. The van der Waals surface area contributed by atoms with Gasteiger partial charge in [0, 0.05) is 51.5 Å². The molecule has 30 heavy (non-hydrogen) atoms. The van der Waals surface area contributed by atoms with Gasteiger partial charge in [-0.2, -0.15) is 5.10 Å². The number of carbonyl (C=O) groups excluding carboxylic acids is 1. The van der Waals surface area contributed by atoms with Crippen LogP contribution < -0.4 is 20.7 Å². The van der Waals surface area contributed by atoms with E-state index in [9.17, 15) is 9.59 Å². The number of hydrogen-bond donors (Lipinski definition) is 1. The monoisotopic (exact) mass is 409 g/mol. The lowest BCUT2D eigenvalue weighted by atomic mass is 9.96. The van der Waals surface area contributed by atoms with Crippen molar-refractivity contribution in [2.24, 2.45) is 13.0 Å². The molecule has 0 unspecified atom stereocenters. The Balaban J connectivity index is 1.31. The van der Waals surface area contributed by atoms with Crippen molar-refractivity contribution >= 4 is 17.3 Å². The molecule has 0 bridgehead atoms. The molecule has 0 aliphatic carbocycles. The molecule has 1 aromatic heterocycles. The second-order valence-corrected chi connectivity index (χ2v) is 8.39. The number of hydrogen-bond acceptors (Lipinski definition) is 5. The molecule has 2 aliphatic rings. The first-order valence-electron chi connectivity index (χ1n) is 11.0. The summed E-state index contributed by atoms with van der Waals surface area (Å²) in [6.07, 6.45) is 7.36. The van der Waals surface area contributed by atoms with Gasteiger partial charge >= 0.3 is 0 Å². The van der Waals surface area contributed by atoms with Gasteiger partial charge in [0.05, 0.1) is 17.8 Å². The molecule has 3 heterocycles. The van der Waals surface area contributed by atoms with Crippen LogP contribution in [0.5, 0.6) is 0 Å². The number of aryl methyl sites for hydroxylation is 1. The molecule has 1 amide bonds. The molecule has 2 saturated heterocycles. The molecular formula is C23H31N5O2. The summed E-state index contributed by atoms with van der Waals surface area (Å²) in [6, 6.07) is 10.2. The first-order valence-corrected chi connectivity index (χ1v) is 11.0. The van der Waals surface area contributed by atoms with Gasteiger partial charge in [0.2, 0.25) is 5.91 Å². The molecule has 1 N–H and O–H groups in total. The normalized spacial score (nSPS) is 19.6. The van der Waals surface area contributed by atoms with Crippen LogP contribution in [-0.2, 0) is 18.4 Å². The number of carbonyl (C=O) groups is 1. The maximum atomic E-state index is 12.8. The number of nitrogens with zero attached hydrogens (tertiary/aromatic N) is 4. The second-order valence-electron chi connectivity index (χ2n) is 8.39. The van der Waals surface area contributed by atoms with E-state index in [0.29, 0.717) is 13.1 Å². The summed E-state index contributed by atoms with van der Waals surface area (Å²) in [4.78, 5) is 29.2. The Morgan fingerprint density at radius 3 is 2.50 bits per heavy atom. The highest BCUT2D eigenvalue weighted by atomic mass is 16.2. The third-order valence-electron chi connectivity index (χ3n) is 6.24. The first-order chi connectivity index (χ1) is 14.6. The minimum Gasteiger partial charge on any atom is -0.372 e. The van der Waals surface area contributed by atoms with Crippen LogP contribution in [-0.4, -0.2) is 41.9 Å². The SMILES string of the molecule is Cn1ncc(N2CCC[C@@H](C(=O)NCc3ccc(N4CCCCC4)cc3)C2)cc1=O. The highest BCUT2D eigenvalue weighted by Gasteiger charge is 2.26. The van der Waals surface area contributed by atoms with Crippen molar-refractivity contribution in [1.82, 2.24) is 15.1 Å². The summed E-state index contributed by atoms with van der Waals surface area (Å²) in [5.41, 5.74) is 3.05.